The number of carbonyl (C=O) groups excluding carboxylic acids is 1. The van der Waals surface area contributed by atoms with Gasteiger partial charge in [-0.3, -0.25) is 4.79 Å². The van der Waals surface area contributed by atoms with Crippen LogP contribution in [0, 0.1) is 0 Å². The summed E-state index contributed by atoms with van der Waals surface area (Å²) >= 11 is 0. The van der Waals surface area contributed by atoms with Gasteiger partial charge in [-0.25, -0.2) is 0 Å². The molecule has 1 amide bonds. The zero-order valence-corrected chi connectivity index (χ0v) is 8.22. The molecule has 15 heavy (non-hydrogen) atoms. The fourth-order valence-corrected chi connectivity index (χ4v) is 1.44. The molecule has 6 heteroatoms. The third kappa shape index (κ3) is 2.21. The van der Waals surface area contributed by atoms with Crippen LogP contribution >= 0.6 is 0 Å². The van der Waals surface area contributed by atoms with E-state index >= 15 is 0 Å². The SMILES string of the molecule is NC(=O)c1cnnc(N2CCOCC2)c1. The Morgan fingerprint density at radius 2 is 2.20 bits per heavy atom. The normalized spacial score (nSPS) is 16.4. The second-order valence-corrected chi connectivity index (χ2v) is 3.27. The highest BCUT2D eigenvalue weighted by Gasteiger charge is 2.14. The van der Waals surface area contributed by atoms with Gasteiger partial charge in [-0.15, -0.1) is 5.10 Å². The maximum atomic E-state index is 10.9. The molecule has 1 aliphatic rings. The molecule has 0 spiro atoms. The first-order chi connectivity index (χ1) is 7.27. The number of hydrogen-bond donors (Lipinski definition) is 1. The van der Waals surface area contributed by atoms with Crippen LogP contribution in [-0.4, -0.2) is 42.4 Å². The first-order valence-corrected chi connectivity index (χ1v) is 4.72. The highest BCUT2D eigenvalue weighted by Crippen LogP contribution is 2.12. The number of amides is 1. The first-order valence-electron chi connectivity index (χ1n) is 4.72. The Balaban J connectivity index is 2.19. The molecule has 2 rings (SSSR count). The number of anilines is 1. The van der Waals surface area contributed by atoms with E-state index < -0.39 is 5.91 Å². The van der Waals surface area contributed by atoms with E-state index in [9.17, 15) is 4.79 Å². The minimum atomic E-state index is -0.487. The summed E-state index contributed by atoms with van der Waals surface area (Å²) in [6.07, 6.45) is 1.37. The van der Waals surface area contributed by atoms with Crippen LogP contribution in [0.5, 0.6) is 0 Å². The van der Waals surface area contributed by atoms with Gasteiger partial charge in [-0.2, -0.15) is 5.10 Å². The van der Waals surface area contributed by atoms with Gasteiger partial charge >= 0.3 is 0 Å². The van der Waals surface area contributed by atoms with Crippen LogP contribution in [0.15, 0.2) is 12.3 Å². The van der Waals surface area contributed by atoms with Crippen LogP contribution in [0.2, 0.25) is 0 Å². The lowest BCUT2D eigenvalue weighted by Gasteiger charge is -2.27. The van der Waals surface area contributed by atoms with Gasteiger partial charge in [0.25, 0.3) is 0 Å². The summed E-state index contributed by atoms with van der Waals surface area (Å²) in [4.78, 5) is 13.0. The molecule has 1 aliphatic heterocycles. The average molecular weight is 208 g/mol. The number of carbonyl (C=O) groups is 1. The first kappa shape index (κ1) is 9.85. The average Bonchev–Trinajstić information content (AvgIpc) is 2.30. The van der Waals surface area contributed by atoms with E-state index in [1.807, 2.05) is 4.90 Å². The Bertz CT molecular complexity index is 363. The molecule has 0 aromatic carbocycles. The summed E-state index contributed by atoms with van der Waals surface area (Å²) in [5, 5.41) is 7.71. The number of rotatable bonds is 2. The third-order valence-electron chi connectivity index (χ3n) is 2.26. The molecule has 0 saturated carbocycles. The molecule has 2 N–H and O–H groups in total. The predicted molar refractivity (Wildman–Crippen MR) is 53.6 cm³/mol. The number of aromatic nitrogens is 2. The van der Waals surface area contributed by atoms with E-state index in [1.165, 1.54) is 6.20 Å². The van der Waals surface area contributed by atoms with Gasteiger partial charge in [-0.1, -0.05) is 0 Å². The predicted octanol–water partition coefficient (Wildman–Crippen LogP) is -0.588. The lowest BCUT2D eigenvalue weighted by Crippen LogP contribution is -2.37. The lowest BCUT2D eigenvalue weighted by molar-refractivity contribution is 0.0999. The van der Waals surface area contributed by atoms with Crippen molar-refractivity contribution >= 4 is 11.7 Å². The molecule has 0 atom stereocenters. The van der Waals surface area contributed by atoms with Gasteiger partial charge in [0.2, 0.25) is 5.91 Å². The van der Waals surface area contributed by atoms with E-state index in [4.69, 9.17) is 10.5 Å². The monoisotopic (exact) mass is 208 g/mol. The zero-order valence-electron chi connectivity index (χ0n) is 8.22. The smallest absolute Gasteiger partial charge is 0.250 e. The molecule has 0 aliphatic carbocycles. The zero-order chi connectivity index (χ0) is 10.7. The second kappa shape index (κ2) is 4.22. The van der Waals surface area contributed by atoms with Crippen molar-refractivity contribution in [1.82, 2.24) is 10.2 Å². The lowest BCUT2D eigenvalue weighted by atomic mass is 10.3. The largest absolute Gasteiger partial charge is 0.378 e. The Kier molecular flexibility index (Phi) is 2.77. The Labute approximate surface area is 87.0 Å². The number of ether oxygens (including phenoxy) is 1. The molecular formula is C9H12N4O2. The Morgan fingerprint density at radius 1 is 1.47 bits per heavy atom. The number of primary amides is 1. The summed E-state index contributed by atoms with van der Waals surface area (Å²) in [7, 11) is 0. The van der Waals surface area contributed by atoms with Crippen molar-refractivity contribution < 1.29 is 9.53 Å². The maximum absolute atomic E-state index is 10.9. The molecule has 0 bridgehead atoms. The molecule has 2 heterocycles. The Hall–Kier alpha value is -1.69. The van der Waals surface area contributed by atoms with Gasteiger partial charge in [-0.05, 0) is 6.07 Å². The number of hydrogen-bond acceptors (Lipinski definition) is 5. The highest BCUT2D eigenvalue weighted by molar-refractivity contribution is 5.93. The second-order valence-electron chi connectivity index (χ2n) is 3.27. The van der Waals surface area contributed by atoms with Gasteiger partial charge in [0.1, 0.15) is 0 Å². The highest BCUT2D eigenvalue weighted by atomic mass is 16.5. The van der Waals surface area contributed by atoms with Crippen molar-refractivity contribution in [1.29, 1.82) is 0 Å². The van der Waals surface area contributed by atoms with Crippen molar-refractivity contribution in [3.05, 3.63) is 17.8 Å². The molecule has 1 fully saturated rings. The van der Waals surface area contributed by atoms with Crippen molar-refractivity contribution in [2.75, 3.05) is 31.2 Å². The molecule has 0 radical (unpaired) electrons. The van der Waals surface area contributed by atoms with Gasteiger partial charge in [0, 0.05) is 13.1 Å². The van der Waals surface area contributed by atoms with Crippen LogP contribution in [0.4, 0.5) is 5.82 Å². The number of morpholine rings is 1. The van der Waals surface area contributed by atoms with E-state index in [2.05, 4.69) is 10.2 Å². The molecule has 1 saturated heterocycles. The molecule has 1 aromatic rings. The summed E-state index contributed by atoms with van der Waals surface area (Å²) in [6, 6.07) is 1.65. The van der Waals surface area contributed by atoms with Crippen molar-refractivity contribution in [2.24, 2.45) is 5.73 Å². The summed E-state index contributed by atoms with van der Waals surface area (Å²) < 4.78 is 5.22. The maximum Gasteiger partial charge on any atom is 0.250 e. The van der Waals surface area contributed by atoms with Crippen LogP contribution in [0.3, 0.4) is 0 Å². The molecule has 0 unspecified atom stereocenters. The van der Waals surface area contributed by atoms with Gasteiger partial charge in [0.05, 0.1) is 25.0 Å². The standard InChI is InChI=1S/C9H12N4O2/c10-9(14)7-5-8(12-11-6-7)13-1-3-15-4-2-13/h5-6H,1-4H2,(H2,10,14). The molecule has 80 valence electrons. The summed E-state index contributed by atoms with van der Waals surface area (Å²) in [5.41, 5.74) is 5.54. The van der Waals surface area contributed by atoms with Crippen molar-refractivity contribution in [3.8, 4) is 0 Å². The molecule has 1 aromatic heterocycles. The minimum Gasteiger partial charge on any atom is -0.378 e. The molecular weight excluding hydrogens is 196 g/mol. The summed E-state index contributed by atoms with van der Waals surface area (Å²) in [5.74, 6) is 0.189. The van der Waals surface area contributed by atoms with E-state index in [-0.39, 0.29) is 0 Å². The minimum absolute atomic E-state index is 0.381. The number of nitrogens with zero attached hydrogens (tertiary/aromatic N) is 3. The quantitative estimate of drug-likeness (QED) is 0.702. The van der Waals surface area contributed by atoms with Gasteiger partial charge < -0.3 is 15.4 Å². The fourth-order valence-electron chi connectivity index (χ4n) is 1.44. The van der Waals surface area contributed by atoms with Crippen LogP contribution < -0.4 is 10.6 Å². The van der Waals surface area contributed by atoms with Crippen molar-refractivity contribution in [2.45, 2.75) is 0 Å². The van der Waals surface area contributed by atoms with Crippen LogP contribution in [-0.2, 0) is 4.74 Å². The fraction of sp³-hybridized carbons (Fsp3) is 0.444. The van der Waals surface area contributed by atoms with E-state index in [0.29, 0.717) is 24.6 Å². The van der Waals surface area contributed by atoms with Crippen molar-refractivity contribution in [3.63, 3.8) is 0 Å². The summed E-state index contributed by atoms with van der Waals surface area (Å²) in [6.45, 7) is 2.86. The van der Waals surface area contributed by atoms with Crippen LogP contribution in [0.25, 0.3) is 0 Å². The Morgan fingerprint density at radius 3 is 2.87 bits per heavy atom. The third-order valence-corrected chi connectivity index (χ3v) is 2.26. The number of nitrogens with two attached hydrogens (primary N) is 1. The van der Waals surface area contributed by atoms with Crippen LogP contribution in [0.1, 0.15) is 10.4 Å². The topological polar surface area (TPSA) is 81.3 Å². The van der Waals surface area contributed by atoms with E-state index in [0.717, 1.165) is 13.1 Å². The van der Waals surface area contributed by atoms with Gasteiger partial charge in [0.15, 0.2) is 5.82 Å². The molecule has 6 nitrogen and oxygen atoms in total. The van der Waals surface area contributed by atoms with E-state index in [1.54, 1.807) is 6.07 Å².